The first-order chi connectivity index (χ1) is 9.78. The minimum Gasteiger partial charge on any atom is -0.497 e. The normalized spacial score (nSPS) is 19.4. The lowest BCUT2D eigenvalue weighted by Gasteiger charge is -2.20. The predicted octanol–water partition coefficient (Wildman–Crippen LogP) is 2.75. The summed E-state index contributed by atoms with van der Waals surface area (Å²) in [4.78, 5) is 6.90. The number of anilines is 1. The van der Waals surface area contributed by atoms with Crippen molar-refractivity contribution in [2.75, 3.05) is 32.6 Å². The molecule has 106 valence electrons. The van der Waals surface area contributed by atoms with Crippen molar-refractivity contribution in [1.29, 1.82) is 0 Å². The molecular formula is C16H21N3O. The smallest absolute Gasteiger partial charge is 0.134 e. The van der Waals surface area contributed by atoms with Crippen LogP contribution >= 0.6 is 0 Å². The Balaban J connectivity index is 1.83. The third-order valence-electron chi connectivity index (χ3n) is 4.15. The van der Waals surface area contributed by atoms with Crippen molar-refractivity contribution >= 4 is 16.6 Å². The van der Waals surface area contributed by atoms with Gasteiger partial charge in [-0.1, -0.05) is 6.07 Å². The third kappa shape index (κ3) is 2.56. The third-order valence-corrected chi connectivity index (χ3v) is 4.15. The molecule has 0 spiro atoms. The van der Waals surface area contributed by atoms with Crippen LogP contribution in [0, 0.1) is 0 Å². The minimum absolute atomic E-state index is 0.609. The number of likely N-dealkylation sites (N-methyl/N-ethyl adjacent to an activating group) is 1. The lowest BCUT2D eigenvalue weighted by Crippen LogP contribution is -2.31. The Bertz CT molecular complexity index is 599. The summed E-state index contributed by atoms with van der Waals surface area (Å²) < 4.78 is 5.31. The van der Waals surface area contributed by atoms with Gasteiger partial charge in [-0.05, 0) is 50.0 Å². The van der Waals surface area contributed by atoms with E-state index in [-0.39, 0.29) is 0 Å². The average Bonchev–Trinajstić information content (AvgIpc) is 2.89. The number of nitrogens with zero attached hydrogens (tertiary/aromatic N) is 2. The van der Waals surface area contributed by atoms with Crippen molar-refractivity contribution in [1.82, 2.24) is 9.88 Å². The highest BCUT2D eigenvalue weighted by Crippen LogP contribution is 2.26. The van der Waals surface area contributed by atoms with Crippen molar-refractivity contribution in [3.05, 3.63) is 30.5 Å². The Morgan fingerprint density at radius 3 is 3.05 bits per heavy atom. The molecule has 4 nitrogen and oxygen atoms in total. The van der Waals surface area contributed by atoms with Crippen LogP contribution in [-0.4, -0.2) is 43.2 Å². The van der Waals surface area contributed by atoms with E-state index in [9.17, 15) is 0 Å². The molecule has 2 heterocycles. The van der Waals surface area contributed by atoms with Gasteiger partial charge in [-0.15, -0.1) is 0 Å². The topological polar surface area (TPSA) is 37.4 Å². The van der Waals surface area contributed by atoms with Gasteiger partial charge >= 0.3 is 0 Å². The Morgan fingerprint density at radius 1 is 1.40 bits per heavy atom. The van der Waals surface area contributed by atoms with Crippen molar-refractivity contribution in [3.8, 4) is 5.75 Å². The van der Waals surface area contributed by atoms with Gasteiger partial charge in [0, 0.05) is 24.2 Å². The maximum Gasteiger partial charge on any atom is 0.134 e. The quantitative estimate of drug-likeness (QED) is 0.928. The number of aromatic nitrogens is 1. The van der Waals surface area contributed by atoms with Crippen molar-refractivity contribution in [3.63, 3.8) is 0 Å². The van der Waals surface area contributed by atoms with E-state index in [2.05, 4.69) is 28.3 Å². The summed E-state index contributed by atoms with van der Waals surface area (Å²) in [5.74, 6) is 1.81. The molecule has 1 aliphatic heterocycles. The number of nitrogens with one attached hydrogen (secondary N) is 1. The van der Waals surface area contributed by atoms with E-state index in [0.29, 0.717) is 6.04 Å². The Kier molecular flexibility index (Phi) is 3.74. The second kappa shape index (κ2) is 5.67. The molecule has 0 amide bonds. The van der Waals surface area contributed by atoms with Gasteiger partial charge in [0.05, 0.1) is 7.11 Å². The zero-order valence-electron chi connectivity index (χ0n) is 12.1. The molecule has 4 heteroatoms. The summed E-state index contributed by atoms with van der Waals surface area (Å²) >= 11 is 0. The van der Waals surface area contributed by atoms with Crippen molar-refractivity contribution in [2.24, 2.45) is 0 Å². The number of ether oxygens (including phenoxy) is 1. The molecule has 1 aliphatic rings. The van der Waals surface area contributed by atoms with Gasteiger partial charge in [0.2, 0.25) is 0 Å². The first-order valence-electron chi connectivity index (χ1n) is 7.15. The maximum absolute atomic E-state index is 5.31. The number of rotatable bonds is 4. The van der Waals surface area contributed by atoms with Crippen LogP contribution in [0.1, 0.15) is 12.8 Å². The summed E-state index contributed by atoms with van der Waals surface area (Å²) in [5.41, 5.74) is 0. The fraction of sp³-hybridized carbons (Fsp3) is 0.438. The Hall–Kier alpha value is -1.81. The van der Waals surface area contributed by atoms with E-state index < -0.39 is 0 Å². The standard InChI is InChI=1S/C16H21N3O/c1-19-9-3-4-13(19)11-18-16-15-10-14(20-2)6-5-12(15)7-8-17-16/h5-8,10,13H,3-4,9,11H2,1-2H3,(H,17,18). The number of fused-ring (bicyclic) bond motifs is 1. The van der Waals surface area contributed by atoms with E-state index >= 15 is 0 Å². The SMILES string of the molecule is COc1ccc2ccnc(NCC3CCCN3C)c2c1. The van der Waals surface area contributed by atoms with Crippen LogP contribution in [0.3, 0.4) is 0 Å². The molecule has 0 saturated carbocycles. The lowest BCUT2D eigenvalue weighted by atomic mass is 10.1. The van der Waals surface area contributed by atoms with Gasteiger partial charge in [0.25, 0.3) is 0 Å². The molecule has 1 unspecified atom stereocenters. The molecule has 0 radical (unpaired) electrons. The summed E-state index contributed by atoms with van der Waals surface area (Å²) in [5, 5.41) is 5.80. The molecule has 3 rings (SSSR count). The van der Waals surface area contributed by atoms with E-state index in [1.807, 2.05) is 24.4 Å². The molecule has 2 aromatic rings. The number of likely N-dealkylation sites (tertiary alicyclic amines) is 1. The Labute approximate surface area is 119 Å². The molecule has 0 bridgehead atoms. The second-order valence-electron chi connectivity index (χ2n) is 5.40. The van der Waals surface area contributed by atoms with Crippen LogP contribution in [-0.2, 0) is 0 Å². The number of hydrogen-bond donors (Lipinski definition) is 1. The predicted molar refractivity (Wildman–Crippen MR) is 82.4 cm³/mol. The highest BCUT2D eigenvalue weighted by molar-refractivity contribution is 5.92. The van der Waals surface area contributed by atoms with Crippen molar-refractivity contribution in [2.45, 2.75) is 18.9 Å². The van der Waals surface area contributed by atoms with E-state index in [1.165, 1.54) is 24.8 Å². The van der Waals surface area contributed by atoms with Gasteiger partial charge in [-0.3, -0.25) is 0 Å². The fourth-order valence-corrected chi connectivity index (χ4v) is 2.87. The largest absolute Gasteiger partial charge is 0.497 e. The van der Waals surface area contributed by atoms with Crippen LogP contribution in [0.25, 0.3) is 10.8 Å². The first-order valence-corrected chi connectivity index (χ1v) is 7.15. The van der Waals surface area contributed by atoms with Crippen LogP contribution in [0.4, 0.5) is 5.82 Å². The van der Waals surface area contributed by atoms with Crippen molar-refractivity contribution < 1.29 is 4.74 Å². The Morgan fingerprint density at radius 2 is 2.30 bits per heavy atom. The van der Waals surface area contributed by atoms with E-state index in [0.717, 1.165) is 23.5 Å². The van der Waals surface area contributed by atoms with E-state index in [1.54, 1.807) is 7.11 Å². The van der Waals surface area contributed by atoms with Gasteiger partial charge in [0.15, 0.2) is 0 Å². The van der Waals surface area contributed by atoms with Gasteiger partial charge in [0.1, 0.15) is 11.6 Å². The summed E-state index contributed by atoms with van der Waals surface area (Å²) in [6, 6.07) is 8.74. The highest BCUT2D eigenvalue weighted by Gasteiger charge is 2.20. The van der Waals surface area contributed by atoms with Crippen LogP contribution < -0.4 is 10.1 Å². The summed E-state index contributed by atoms with van der Waals surface area (Å²) in [6.45, 7) is 2.14. The van der Waals surface area contributed by atoms with Crippen LogP contribution in [0.5, 0.6) is 5.75 Å². The first kappa shape index (κ1) is 13.2. The molecule has 1 saturated heterocycles. The number of pyridine rings is 1. The van der Waals surface area contributed by atoms with Gasteiger partial charge in [-0.2, -0.15) is 0 Å². The van der Waals surface area contributed by atoms with Crippen LogP contribution in [0.15, 0.2) is 30.5 Å². The monoisotopic (exact) mass is 271 g/mol. The number of benzene rings is 1. The zero-order valence-corrected chi connectivity index (χ0v) is 12.1. The molecular weight excluding hydrogens is 250 g/mol. The number of methoxy groups -OCH3 is 1. The van der Waals surface area contributed by atoms with E-state index in [4.69, 9.17) is 4.74 Å². The lowest BCUT2D eigenvalue weighted by molar-refractivity contribution is 0.322. The molecule has 1 aromatic carbocycles. The second-order valence-corrected chi connectivity index (χ2v) is 5.40. The summed E-state index contributed by atoms with van der Waals surface area (Å²) in [7, 11) is 3.89. The molecule has 1 atom stereocenters. The highest BCUT2D eigenvalue weighted by atomic mass is 16.5. The maximum atomic E-state index is 5.31. The van der Waals surface area contributed by atoms with Gasteiger partial charge < -0.3 is 15.0 Å². The average molecular weight is 271 g/mol. The molecule has 1 N–H and O–H groups in total. The molecule has 20 heavy (non-hydrogen) atoms. The van der Waals surface area contributed by atoms with Crippen LogP contribution in [0.2, 0.25) is 0 Å². The molecule has 0 aliphatic carbocycles. The minimum atomic E-state index is 0.609. The fourth-order valence-electron chi connectivity index (χ4n) is 2.87. The number of hydrogen-bond acceptors (Lipinski definition) is 4. The molecule has 1 fully saturated rings. The summed E-state index contributed by atoms with van der Waals surface area (Å²) in [6.07, 6.45) is 4.41. The molecule has 1 aromatic heterocycles. The zero-order chi connectivity index (χ0) is 13.9. The van der Waals surface area contributed by atoms with Gasteiger partial charge in [-0.25, -0.2) is 4.98 Å².